The summed E-state index contributed by atoms with van der Waals surface area (Å²) >= 11 is 3.33. The van der Waals surface area contributed by atoms with Gasteiger partial charge in [-0.3, -0.25) is 8.80 Å². The normalized spacial score (nSPS) is 10.8. The maximum atomic E-state index is 12.8. The lowest BCUT2D eigenvalue weighted by molar-refractivity contribution is 0.425. The number of rotatable bonds is 2. The Bertz CT molecular complexity index is 2210. The van der Waals surface area contributed by atoms with Crippen LogP contribution >= 0.6 is 15.9 Å². The number of imidazole rings is 2. The molecule has 0 amide bonds. The maximum Gasteiger partial charge on any atom is 0.490 e. The van der Waals surface area contributed by atoms with Crippen molar-refractivity contribution in [2.24, 2.45) is 0 Å². The first-order valence-electron chi connectivity index (χ1n) is 13.1. The topological polar surface area (TPSA) is 127 Å². The number of hydrogen-bond donors (Lipinski definition) is 2. The van der Waals surface area contributed by atoms with E-state index in [0.717, 1.165) is 56.0 Å². The average molecular weight is 653 g/mol. The molecule has 8 rings (SSSR count). The largest absolute Gasteiger partial charge is 0.490 e. The zero-order valence-corrected chi connectivity index (χ0v) is 24.2. The third-order valence-corrected chi connectivity index (χ3v) is 6.84. The molecule has 6 aromatic heterocycles. The SMILES string of the molecule is Brc1ccn2c(n1)nc1ccccc12.Fc1ccc(-c2ccn3c(n2)nc2ccccc23)cn1.OB(O)c1ccc(F)nc1. The van der Waals surface area contributed by atoms with Crippen LogP contribution in [0.25, 0.3) is 44.9 Å². The number of benzene rings is 2. The highest BCUT2D eigenvalue weighted by molar-refractivity contribution is 9.10. The summed E-state index contributed by atoms with van der Waals surface area (Å²) in [7, 11) is -1.58. The third kappa shape index (κ3) is 6.27. The number of nitrogens with zero attached hydrogens (tertiary/aromatic N) is 8. The summed E-state index contributed by atoms with van der Waals surface area (Å²) in [5.41, 5.74) is 5.64. The highest BCUT2D eigenvalue weighted by Crippen LogP contribution is 2.20. The zero-order chi connectivity index (χ0) is 30.6. The van der Waals surface area contributed by atoms with Crippen molar-refractivity contribution in [3.63, 3.8) is 0 Å². The molecule has 2 N–H and O–H groups in total. The Labute approximate surface area is 256 Å². The lowest BCUT2D eigenvalue weighted by atomic mass is 9.82. The van der Waals surface area contributed by atoms with Gasteiger partial charge in [0, 0.05) is 35.8 Å². The molecule has 216 valence electrons. The lowest BCUT2D eigenvalue weighted by Crippen LogP contribution is -2.30. The van der Waals surface area contributed by atoms with Gasteiger partial charge in [0.05, 0.1) is 27.8 Å². The van der Waals surface area contributed by atoms with Gasteiger partial charge >= 0.3 is 7.12 Å². The van der Waals surface area contributed by atoms with E-state index in [-0.39, 0.29) is 5.46 Å². The summed E-state index contributed by atoms with van der Waals surface area (Å²) in [6.07, 6.45) is 6.41. The molecular formula is C30H20BBrF2N8O2. The number of pyridine rings is 2. The van der Waals surface area contributed by atoms with E-state index in [4.69, 9.17) is 10.0 Å². The molecule has 0 saturated carbocycles. The van der Waals surface area contributed by atoms with Gasteiger partial charge in [-0.15, -0.1) is 0 Å². The predicted molar refractivity (Wildman–Crippen MR) is 166 cm³/mol. The smallest absolute Gasteiger partial charge is 0.423 e. The molecule has 10 nitrogen and oxygen atoms in total. The minimum absolute atomic E-state index is 0.182. The zero-order valence-electron chi connectivity index (χ0n) is 22.6. The second kappa shape index (κ2) is 12.6. The first-order valence-corrected chi connectivity index (χ1v) is 13.9. The van der Waals surface area contributed by atoms with E-state index in [9.17, 15) is 8.78 Å². The fourth-order valence-corrected chi connectivity index (χ4v) is 4.58. The molecule has 0 aliphatic heterocycles. The van der Waals surface area contributed by atoms with Crippen LogP contribution in [0.2, 0.25) is 0 Å². The van der Waals surface area contributed by atoms with Crippen LogP contribution < -0.4 is 5.46 Å². The van der Waals surface area contributed by atoms with E-state index in [0.29, 0.717) is 5.78 Å². The molecule has 0 aliphatic carbocycles. The van der Waals surface area contributed by atoms with Gasteiger partial charge in [-0.2, -0.15) is 8.78 Å². The molecule has 0 bridgehead atoms. The molecule has 14 heteroatoms. The van der Waals surface area contributed by atoms with E-state index < -0.39 is 19.0 Å². The predicted octanol–water partition coefficient (Wildman–Crippen LogP) is 4.63. The lowest BCUT2D eigenvalue weighted by Gasteiger charge is -2.01. The summed E-state index contributed by atoms with van der Waals surface area (Å²) in [5.74, 6) is 0.208. The first kappa shape index (κ1) is 28.9. The van der Waals surface area contributed by atoms with E-state index in [1.54, 1.807) is 6.07 Å². The van der Waals surface area contributed by atoms with Crippen molar-refractivity contribution in [3.8, 4) is 11.3 Å². The summed E-state index contributed by atoms with van der Waals surface area (Å²) < 4.78 is 29.6. The highest BCUT2D eigenvalue weighted by atomic mass is 79.9. The Morgan fingerprint density at radius 2 is 1.18 bits per heavy atom. The van der Waals surface area contributed by atoms with Crippen LogP contribution in [-0.2, 0) is 0 Å². The maximum absolute atomic E-state index is 12.8. The number of aromatic nitrogens is 8. The van der Waals surface area contributed by atoms with E-state index in [1.165, 1.54) is 18.3 Å². The van der Waals surface area contributed by atoms with Crippen molar-refractivity contribution < 1.29 is 18.8 Å². The third-order valence-electron chi connectivity index (χ3n) is 6.40. The number of fused-ring (bicyclic) bond motifs is 6. The Balaban J connectivity index is 0.000000125. The monoisotopic (exact) mass is 652 g/mol. The molecule has 0 unspecified atom stereocenters. The van der Waals surface area contributed by atoms with E-state index in [1.807, 2.05) is 81.9 Å². The Morgan fingerprint density at radius 1 is 0.614 bits per heavy atom. The molecule has 0 radical (unpaired) electrons. The van der Waals surface area contributed by atoms with E-state index in [2.05, 4.69) is 45.8 Å². The van der Waals surface area contributed by atoms with Gasteiger partial charge in [0.15, 0.2) is 0 Å². The van der Waals surface area contributed by atoms with Gasteiger partial charge in [-0.25, -0.2) is 29.9 Å². The first-order chi connectivity index (χ1) is 21.4. The van der Waals surface area contributed by atoms with Gasteiger partial charge in [0.2, 0.25) is 23.5 Å². The second-order valence-corrected chi connectivity index (χ2v) is 10.1. The number of halogens is 3. The van der Waals surface area contributed by atoms with Crippen LogP contribution in [0.3, 0.4) is 0 Å². The molecule has 0 saturated heterocycles. The molecule has 2 aromatic carbocycles. The van der Waals surface area contributed by atoms with Crippen molar-refractivity contribution in [3.05, 3.63) is 126 Å². The quantitative estimate of drug-likeness (QED) is 0.157. The summed E-state index contributed by atoms with van der Waals surface area (Å²) in [4.78, 5) is 24.5. The fraction of sp³-hybridized carbons (Fsp3) is 0. The molecule has 0 aliphatic rings. The fourth-order valence-electron chi connectivity index (χ4n) is 4.30. The Kier molecular flexibility index (Phi) is 8.28. The van der Waals surface area contributed by atoms with E-state index >= 15 is 0 Å². The van der Waals surface area contributed by atoms with Gasteiger partial charge in [0.1, 0.15) is 4.60 Å². The van der Waals surface area contributed by atoms with Crippen LogP contribution in [0.5, 0.6) is 0 Å². The second-order valence-electron chi connectivity index (χ2n) is 9.26. The van der Waals surface area contributed by atoms with Gasteiger partial charge in [-0.1, -0.05) is 30.3 Å². The van der Waals surface area contributed by atoms with Crippen LogP contribution in [0.15, 0.2) is 114 Å². The molecule has 44 heavy (non-hydrogen) atoms. The summed E-state index contributed by atoms with van der Waals surface area (Å²) in [6, 6.07) is 24.9. The van der Waals surface area contributed by atoms with Crippen molar-refractivity contribution in [1.29, 1.82) is 0 Å². The van der Waals surface area contributed by atoms with Crippen molar-refractivity contribution >= 4 is 62.1 Å². The number of para-hydroxylation sites is 4. The van der Waals surface area contributed by atoms with Gasteiger partial charge < -0.3 is 10.0 Å². The van der Waals surface area contributed by atoms with Crippen LogP contribution in [0.1, 0.15) is 0 Å². The van der Waals surface area contributed by atoms with Crippen molar-refractivity contribution in [2.75, 3.05) is 0 Å². The summed E-state index contributed by atoms with van der Waals surface area (Å²) in [5, 5.41) is 17.0. The highest BCUT2D eigenvalue weighted by Gasteiger charge is 2.10. The molecule has 6 heterocycles. The van der Waals surface area contributed by atoms with Crippen molar-refractivity contribution in [2.45, 2.75) is 0 Å². The average Bonchev–Trinajstić information content (AvgIpc) is 3.59. The van der Waals surface area contributed by atoms with Gasteiger partial charge in [-0.05, 0) is 70.5 Å². The molecule has 0 fully saturated rings. The minimum Gasteiger partial charge on any atom is -0.423 e. The van der Waals surface area contributed by atoms with Gasteiger partial charge in [0.25, 0.3) is 0 Å². The number of hydrogen-bond acceptors (Lipinski definition) is 8. The molecule has 8 aromatic rings. The van der Waals surface area contributed by atoms with Crippen LogP contribution in [-0.4, -0.2) is 55.9 Å². The Hall–Kier alpha value is -5.18. The molecule has 0 spiro atoms. The molecule has 0 atom stereocenters. The molecular weight excluding hydrogens is 633 g/mol. The standard InChI is InChI=1S/C15H9FN4.C10H6BrN3.C5H5BFNO2/c16-14-6-5-10(9-17-14)11-7-8-20-13-4-2-1-3-12(13)19-15(20)18-11;11-9-5-6-14-8-4-2-1-3-7(8)12-10(14)13-9;7-5-2-1-4(3-8-5)6(9)10/h1-9H;1-6H;1-3,9-10H. The summed E-state index contributed by atoms with van der Waals surface area (Å²) in [6.45, 7) is 0. The Morgan fingerprint density at radius 3 is 1.75 bits per heavy atom. The van der Waals surface area contributed by atoms with Crippen LogP contribution in [0, 0.1) is 11.9 Å². The van der Waals surface area contributed by atoms with Crippen molar-refractivity contribution in [1.82, 2.24) is 38.7 Å². The van der Waals surface area contributed by atoms with Crippen LogP contribution in [0.4, 0.5) is 8.78 Å². The minimum atomic E-state index is -1.58.